The number of amides is 3. The van der Waals surface area contributed by atoms with E-state index in [0.29, 0.717) is 24.8 Å². The number of carbonyl (C=O) groups is 4. The van der Waals surface area contributed by atoms with Crippen molar-refractivity contribution in [2.45, 2.75) is 120 Å². The highest BCUT2D eigenvalue weighted by molar-refractivity contribution is 8.77. The van der Waals surface area contributed by atoms with Gasteiger partial charge >= 0.3 is 6.29 Å². The van der Waals surface area contributed by atoms with E-state index in [2.05, 4.69) is 87.8 Å². The van der Waals surface area contributed by atoms with Gasteiger partial charge in [0.25, 0.3) is 0 Å². The van der Waals surface area contributed by atoms with Crippen molar-refractivity contribution in [3.05, 3.63) is 96.7 Å². The smallest absolute Gasteiger partial charge is 0.395 e. The quantitative estimate of drug-likeness (QED) is 0.0396. The van der Waals surface area contributed by atoms with Crippen molar-refractivity contribution in [2.75, 3.05) is 19.0 Å². The molecule has 1 aliphatic heterocycles. The monoisotopic (exact) mass is 873 g/mol. The van der Waals surface area contributed by atoms with E-state index < -0.39 is 59.5 Å². The van der Waals surface area contributed by atoms with Gasteiger partial charge in [-0.15, -0.1) is 8.78 Å². The molecule has 3 amide bonds. The molecule has 2 aliphatic rings. The molecule has 15 heteroatoms. The topological polar surface area (TPSA) is 177 Å². The van der Waals surface area contributed by atoms with Crippen LogP contribution in [0.3, 0.4) is 0 Å². The van der Waals surface area contributed by atoms with Gasteiger partial charge in [0.1, 0.15) is 11.8 Å². The summed E-state index contributed by atoms with van der Waals surface area (Å²) in [5.74, 6) is -3.16. The Bertz CT molecular complexity index is 1750. The van der Waals surface area contributed by atoms with E-state index in [0.717, 1.165) is 38.5 Å². The molecule has 0 unspecified atom stereocenters. The summed E-state index contributed by atoms with van der Waals surface area (Å²) in [5.41, 5.74) is 5.09. The molecule has 1 saturated carbocycles. The third-order valence-electron chi connectivity index (χ3n) is 9.89. The summed E-state index contributed by atoms with van der Waals surface area (Å²) < 4.78 is 35.5. The predicted molar refractivity (Wildman–Crippen MR) is 235 cm³/mol. The van der Waals surface area contributed by atoms with Crippen LogP contribution in [0.5, 0.6) is 11.5 Å². The van der Waals surface area contributed by atoms with Crippen LogP contribution in [0.2, 0.25) is 0 Å². The van der Waals surface area contributed by atoms with Crippen molar-refractivity contribution < 1.29 is 47.6 Å². The van der Waals surface area contributed by atoms with E-state index in [4.69, 9.17) is 5.73 Å². The zero-order valence-electron chi connectivity index (χ0n) is 34.8. The fraction of sp³-hybridized carbons (Fsp3) is 0.511. The van der Waals surface area contributed by atoms with Gasteiger partial charge in [0, 0.05) is 23.3 Å². The predicted octanol–water partition coefficient (Wildman–Crippen LogP) is 7.69. The Hall–Kier alpha value is -4.18. The largest absolute Gasteiger partial charge is 0.586 e. The third-order valence-corrected chi connectivity index (χ3v) is 13.2. The van der Waals surface area contributed by atoms with Crippen molar-refractivity contribution in [3.8, 4) is 11.5 Å². The molecule has 0 radical (unpaired) electrons. The summed E-state index contributed by atoms with van der Waals surface area (Å²) in [7, 11) is 2.43. The van der Waals surface area contributed by atoms with Crippen LogP contribution in [0.25, 0.3) is 0 Å². The molecule has 330 valence electrons. The minimum absolute atomic E-state index is 0.0824. The van der Waals surface area contributed by atoms with E-state index >= 15 is 0 Å². The highest BCUT2D eigenvalue weighted by atomic mass is 33.1. The standard InChI is InChI=1S/C45H61F2N3O8S2/c1-4-5-6-7-8-9-10-11-12-13-14-15-16-17-18-19-20-21-22-23-40(54)50-36(41(48)55)32-59-60-43(2,3)35(42(56)49-34(30-51)31-52)29-39(53)44(26-27-44)33-24-25-37-38(28-33)58-45(46,47)57-37/h5-6,8-9,11-12,14-15,17-18,20-21,24-25,28,34-36,51-52H,4,7,10,13,16,19,22-23,26-27,29-32H2,1-3H3,(H2,48,55)(H,49,56)(H,50,54)/b6-5-,9-8-,12-11-,15-14-,18-17-,21-20-/t35-,36+/m1/s1. The van der Waals surface area contributed by atoms with Gasteiger partial charge < -0.3 is 36.1 Å². The van der Waals surface area contributed by atoms with E-state index in [9.17, 15) is 38.2 Å². The molecule has 60 heavy (non-hydrogen) atoms. The SMILES string of the molecule is CC/C=C\C/C=C\C/C=C\C/C=C\C/C=C\C/C=C\CCC(=O)N[C@@H](CSSC(C)(C)[C@H](CC(=O)C1(c2ccc3c(c2)OC(F)(F)O3)CC1)C(=O)NC(CO)CO)C(N)=O. The molecule has 1 heterocycles. The van der Waals surface area contributed by atoms with Gasteiger partial charge in [-0.2, -0.15) is 0 Å². The van der Waals surface area contributed by atoms with E-state index in [-0.39, 0.29) is 41.8 Å². The first-order chi connectivity index (χ1) is 28.7. The van der Waals surface area contributed by atoms with E-state index in [1.165, 1.54) is 39.8 Å². The second-order valence-electron chi connectivity index (χ2n) is 15.1. The second kappa shape index (κ2) is 25.6. The molecule has 1 aromatic rings. The fourth-order valence-corrected chi connectivity index (χ4v) is 9.15. The average molecular weight is 874 g/mol. The molecular weight excluding hydrogens is 813 g/mol. The number of nitrogens with two attached hydrogens (primary N) is 1. The number of hydrogen-bond acceptors (Lipinski definition) is 10. The number of rotatable bonds is 29. The van der Waals surface area contributed by atoms with Crippen LogP contribution in [0, 0.1) is 5.92 Å². The lowest BCUT2D eigenvalue weighted by Crippen LogP contribution is -2.49. The van der Waals surface area contributed by atoms with Gasteiger partial charge in [-0.05, 0) is 89.3 Å². The first kappa shape index (κ1) is 50.2. The summed E-state index contributed by atoms with van der Waals surface area (Å²) in [4.78, 5) is 52.6. The maximum atomic E-state index is 14.0. The molecule has 3 rings (SSSR count). The summed E-state index contributed by atoms with van der Waals surface area (Å²) >= 11 is 0. The number of benzene rings is 1. The van der Waals surface area contributed by atoms with Gasteiger partial charge in [0.15, 0.2) is 11.5 Å². The van der Waals surface area contributed by atoms with Gasteiger partial charge in [0.2, 0.25) is 17.7 Å². The zero-order chi connectivity index (χ0) is 44.0. The molecule has 0 spiro atoms. The number of alkyl halides is 2. The highest BCUT2D eigenvalue weighted by Gasteiger charge is 2.54. The Labute approximate surface area is 360 Å². The molecule has 1 aromatic carbocycles. The van der Waals surface area contributed by atoms with Gasteiger partial charge in [0.05, 0.1) is 30.6 Å². The maximum Gasteiger partial charge on any atom is 0.586 e. The van der Waals surface area contributed by atoms with Crippen LogP contribution < -0.4 is 25.8 Å². The molecule has 1 aliphatic carbocycles. The van der Waals surface area contributed by atoms with Crippen LogP contribution in [0.15, 0.2) is 91.1 Å². The minimum atomic E-state index is -3.81. The number of fused-ring (bicyclic) bond motifs is 1. The number of ketones is 1. The number of nitrogens with one attached hydrogen (secondary N) is 2. The Morgan fingerprint density at radius 1 is 0.833 bits per heavy atom. The molecule has 0 bridgehead atoms. The highest BCUT2D eigenvalue weighted by Crippen LogP contribution is 2.54. The van der Waals surface area contributed by atoms with Gasteiger partial charge in [-0.1, -0.05) is 107 Å². The van der Waals surface area contributed by atoms with Crippen LogP contribution in [-0.4, -0.2) is 75.8 Å². The number of primary amides is 1. The molecule has 2 atom stereocenters. The third kappa shape index (κ3) is 17.1. The van der Waals surface area contributed by atoms with E-state index in [1.807, 2.05) is 12.2 Å². The summed E-state index contributed by atoms with van der Waals surface area (Å²) in [5, 5.41) is 24.6. The summed E-state index contributed by atoms with van der Waals surface area (Å²) in [6.07, 6.45) is 28.2. The Morgan fingerprint density at radius 3 is 1.88 bits per heavy atom. The average Bonchev–Trinajstić information content (AvgIpc) is 3.95. The Kier molecular flexibility index (Phi) is 21.4. The van der Waals surface area contributed by atoms with Crippen LogP contribution in [-0.2, 0) is 24.6 Å². The summed E-state index contributed by atoms with van der Waals surface area (Å²) in [6, 6.07) is 2.27. The number of carbonyl (C=O) groups excluding carboxylic acids is 4. The zero-order valence-corrected chi connectivity index (χ0v) is 36.4. The van der Waals surface area contributed by atoms with Crippen molar-refractivity contribution in [3.63, 3.8) is 0 Å². The normalized spacial score (nSPS) is 16.9. The minimum Gasteiger partial charge on any atom is -0.395 e. The van der Waals surface area contributed by atoms with Gasteiger partial charge in [-0.25, -0.2) is 0 Å². The molecule has 0 aromatic heterocycles. The van der Waals surface area contributed by atoms with Crippen LogP contribution in [0.4, 0.5) is 8.78 Å². The first-order valence-electron chi connectivity index (χ1n) is 20.4. The maximum absolute atomic E-state index is 14.0. The summed E-state index contributed by atoms with van der Waals surface area (Å²) in [6.45, 7) is 4.57. The number of aliphatic hydroxyl groups is 2. The number of allylic oxidation sites excluding steroid dienone is 12. The molecule has 11 nitrogen and oxygen atoms in total. The van der Waals surface area contributed by atoms with Crippen molar-refractivity contribution >= 4 is 45.1 Å². The van der Waals surface area contributed by atoms with Crippen LogP contribution >= 0.6 is 21.6 Å². The second-order valence-corrected chi connectivity index (χ2v) is 18.1. The number of halogens is 2. The lowest BCUT2D eigenvalue weighted by atomic mass is 9.81. The number of Topliss-reactive ketones (excluding diaryl/α,β-unsaturated/α-hetero) is 1. The Morgan fingerprint density at radius 2 is 1.37 bits per heavy atom. The molecule has 1 fully saturated rings. The molecular formula is C45H61F2N3O8S2. The number of hydrogen-bond donors (Lipinski definition) is 5. The first-order valence-corrected chi connectivity index (χ1v) is 22.7. The molecule has 0 saturated heterocycles. The number of aliphatic hydroxyl groups excluding tert-OH is 2. The van der Waals surface area contributed by atoms with Crippen molar-refractivity contribution in [1.29, 1.82) is 0 Å². The molecule has 6 N–H and O–H groups in total. The lowest BCUT2D eigenvalue weighted by molar-refractivity contribution is -0.286. The lowest BCUT2D eigenvalue weighted by Gasteiger charge is -2.34. The van der Waals surface area contributed by atoms with Crippen LogP contribution in [0.1, 0.15) is 97.0 Å². The van der Waals surface area contributed by atoms with E-state index in [1.54, 1.807) is 13.8 Å². The Balaban J connectivity index is 1.46. The van der Waals surface area contributed by atoms with Crippen molar-refractivity contribution in [2.24, 2.45) is 11.7 Å². The van der Waals surface area contributed by atoms with Crippen molar-refractivity contribution in [1.82, 2.24) is 10.6 Å². The number of ether oxygens (including phenoxy) is 2. The van der Waals surface area contributed by atoms with Gasteiger partial charge in [-0.3, -0.25) is 19.2 Å². The fourth-order valence-electron chi connectivity index (χ4n) is 6.21.